The Kier molecular flexibility index (Phi) is 3.24. The van der Waals surface area contributed by atoms with E-state index in [1.54, 1.807) is 30.0 Å². The van der Waals surface area contributed by atoms with E-state index >= 15 is 0 Å². The number of hydrogen-bond donors (Lipinski definition) is 0. The number of ether oxygens (including phenoxy) is 1. The van der Waals surface area contributed by atoms with Crippen molar-refractivity contribution in [1.29, 1.82) is 0 Å². The van der Waals surface area contributed by atoms with Crippen LogP contribution < -0.4 is 0 Å². The van der Waals surface area contributed by atoms with Crippen LogP contribution in [0.2, 0.25) is 0 Å². The highest BCUT2D eigenvalue weighted by Gasteiger charge is 2.29. The van der Waals surface area contributed by atoms with Gasteiger partial charge in [0.05, 0.1) is 16.7 Å². The van der Waals surface area contributed by atoms with Crippen molar-refractivity contribution in [1.82, 2.24) is 0 Å². The Labute approximate surface area is 105 Å². The van der Waals surface area contributed by atoms with Gasteiger partial charge in [-0.25, -0.2) is 9.79 Å². The van der Waals surface area contributed by atoms with Crippen LogP contribution in [-0.2, 0) is 4.74 Å². The number of carbonyl (C=O) groups excluding carboxylic acids is 1. The van der Waals surface area contributed by atoms with Gasteiger partial charge in [-0.15, -0.1) is 0 Å². The number of fused-ring (bicyclic) bond motifs is 1. The van der Waals surface area contributed by atoms with Gasteiger partial charge in [0, 0.05) is 5.75 Å². The van der Waals surface area contributed by atoms with Crippen LogP contribution in [-0.4, -0.2) is 29.4 Å². The lowest BCUT2D eigenvalue weighted by atomic mass is 10.1. The number of hydrogen-bond acceptors (Lipinski definition) is 4. The van der Waals surface area contributed by atoms with Gasteiger partial charge >= 0.3 is 5.97 Å². The second kappa shape index (κ2) is 4.53. The minimum Gasteiger partial charge on any atom is -0.403 e. The molecule has 17 heavy (non-hydrogen) atoms. The van der Waals surface area contributed by atoms with Crippen LogP contribution in [0.5, 0.6) is 0 Å². The highest BCUT2D eigenvalue weighted by Crippen LogP contribution is 2.23. The highest BCUT2D eigenvalue weighted by molar-refractivity contribution is 7.98. The van der Waals surface area contributed by atoms with Crippen LogP contribution in [0.3, 0.4) is 0 Å². The van der Waals surface area contributed by atoms with Gasteiger partial charge in [-0.2, -0.15) is 11.8 Å². The molecule has 1 aliphatic heterocycles. The Morgan fingerprint density at radius 2 is 2.29 bits per heavy atom. The zero-order valence-electron chi connectivity index (χ0n) is 10.1. The van der Waals surface area contributed by atoms with Gasteiger partial charge in [0.1, 0.15) is 0 Å². The number of aliphatic imine (C=N–C) groups is 1. The maximum atomic E-state index is 11.6. The average Bonchev–Trinajstić information content (AvgIpc) is 2.56. The molecule has 1 aliphatic rings. The molecular formula is C13H14NO2S. The maximum absolute atomic E-state index is 11.6. The van der Waals surface area contributed by atoms with Gasteiger partial charge in [0.2, 0.25) is 5.90 Å². The molecule has 0 aromatic heterocycles. The van der Waals surface area contributed by atoms with Gasteiger partial charge < -0.3 is 4.74 Å². The van der Waals surface area contributed by atoms with Crippen molar-refractivity contribution >= 4 is 23.6 Å². The van der Waals surface area contributed by atoms with E-state index in [0.29, 0.717) is 17.0 Å². The van der Waals surface area contributed by atoms with E-state index in [4.69, 9.17) is 4.74 Å². The summed E-state index contributed by atoms with van der Waals surface area (Å²) in [5, 5.41) is 0. The molecule has 1 radical (unpaired) electrons. The summed E-state index contributed by atoms with van der Waals surface area (Å²) in [6.45, 7) is 4.04. The van der Waals surface area contributed by atoms with Crippen LogP contribution in [0.1, 0.15) is 29.8 Å². The number of cyclic esters (lactones) is 1. The molecule has 1 heterocycles. The molecule has 0 saturated heterocycles. The van der Waals surface area contributed by atoms with Crippen molar-refractivity contribution in [3.8, 4) is 0 Å². The summed E-state index contributed by atoms with van der Waals surface area (Å²) in [4.78, 5) is 16.1. The smallest absolute Gasteiger partial charge is 0.345 e. The lowest BCUT2D eigenvalue weighted by Crippen LogP contribution is -2.23. The van der Waals surface area contributed by atoms with E-state index in [0.717, 1.165) is 5.75 Å². The predicted molar refractivity (Wildman–Crippen MR) is 69.7 cm³/mol. The molecule has 0 fully saturated rings. The number of carbonyl (C=O) groups is 1. The minimum absolute atomic E-state index is 0.250. The number of rotatable bonds is 3. The molecule has 0 saturated carbocycles. The summed E-state index contributed by atoms with van der Waals surface area (Å²) in [6, 6.07) is 8.28. The van der Waals surface area contributed by atoms with Gasteiger partial charge in [0.15, 0.2) is 0 Å². The minimum atomic E-state index is -0.337. The third-order valence-corrected chi connectivity index (χ3v) is 3.38. The van der Waals surface area contributed by atoms with Crippen molar-refractivity contribution in [3.05, 3.63) is 35.4 Å². The summed E-state index contributed by atoms with van der Waals surface area (Å²) in [5.41, 5.74) is 0.971. The Bertz CT molecular complexity index is 480. The van der Waals surface area contributed by atoms with Gasteiger partial charge in [-0.05, 0) is 32.2 Å². The topological polar surface area (TPSA) is 38.7 Å². The zero-order chi connectivity index (χ0) is 12.5. The van der Waals surface area contributed by atoms with E-state index in [-0.39, 0.29) is 11.5 Å². The van der Waals surface area contributed by atoms with E-state index in [9.17, 15) is 4.79 Å². The largest absolute Gasteiger partial charge is 0.403 e. The molecule has 0 aliphatic carbocycles. The molecule has 4 heteroatoms. The Hall–Kier alpha value is -1.29. The molecule has 0 unspecified atom stereocenters. The molecule has 0 N–H and O–H groups in total. The molecule has 0 spiro atoms. The fourth-order valence-corrected chi connectivity index (χ4v) is 2.49. The van der Waals surface area contributed by atoms with Crippen molar-refractivity contribution in [2.45, 2.75) is 19.4 Å². The first-order chi connectivity index (χ1) is 8.03. The summed E-state index contributed by atoms with van der Waals surface area (Å²) in [7, 11) is 0. The Morgan fingerprint density at radius 1 is 1.53 bits per heavy atom. The predicted octanol–water partition coefficient (Wildman–Crippen LogP) is 2.55. The first-order valence-electron chi connectivity index (χ1n) is 5.35. The lowest BCUT2D eigenvalue weighted by Gasteiger charge is -2.18. The normalized spacial score (nSPS) is 17.1. The highest BCUT2D eigenvalue weighted by atomic mass is 32.2. The molecule has 1 aromatic rings. The van der Waals surface area contributed by atoms with Crippen molar-refractivity contribution in [2.24, 2.45) is 4.99 Å². The molecule has 89 valence electrons. The quantitative estimate of drug-likeness (QED) is 0.772. The standard InChI is InChI=1S/C13H14NO2S/c1-13(2,8-17-3)14-11-9-6-4-5-7-10(9)12(15)16-11/h4-5,7H,8H2,1-3H3. The zero-order valence-corrected chi connectivity index (χ0v) is 10.9. The second-order valence-electron chi connectivity index (χ2n) is 4.51. The van der Waals surface area contributed by atoms with Crippen LogP contribution >= 0.6 is 11.8 Å². The van der Waals surface area contributed by atoms with Crippen LogP contribution in [0.25, 0.3) is 0 Å². The van der Waals surface area contributed by atoms with Gasteiger partial charge in [-0.1, -0.05) is 12.1 Å². The van der Waals surface area contributed by atoms with E-state index in [1.165, 1.54) is 0 Å². The lowest BCUT2D eigenvalue weighted by molar-refractivity contribution is 0.0736. The Balaban J connectivity index is 2.37. The molecule has 0 amide bonds. The molecular weight excluding hydrogens is 234 g/mol. The molecule has 0 atom stereocenters. The van der Waals surface area contributed by atoms with Crippen LogP contribution in [0.4, 0.5) is 0 Å². The fraction of sp³-hybridized carbons (Fsp3) is 0.385. The molecule has 2 rings (SSSR count). The van der Waals surface area contributed by atoms with Crippen molar-refractivity contribution in [2.75, 3.05) is 12.0 Å². The number of thioether (sulfide) groups is 1. The molecule has 0 bridgehead atoms. The van der Waals surface area contributed by atoms with Crippen molar-refractivity contribution in [3.63, 3.8) is 0 Å². The number of nitrogens with zero attached hydrogens (tertiary/aromatic N) is 1. The van der Waals surface area contributed by atoms with Crippen LogP contribution in [0.15, 0.2) is 23.2 Å². The third kappa shape index (κ3) is 2.52. The maximum Gasteiger partial charge on any atom is 0.345 e. The van der Waals surface area contributed by atoms with Crippen LogP contribution in [0, 0.1) is 6.07 Å². The molecule has 3 nitrogen and oxygen atoms in total. The number of benzene rings is 1. The fourth-order valence-electron chi connectivity index (χ4n) is 1.72. The number of esters is 1. The Morgan fingerprint density at radius 3 is 3.00 bits per heavy atom. The monoisotopic (exact) mass is 248 g/mol. The van der Waals surface area contributed by atoms with E-state index in [2.05, 4.69) is 11.1 Å². The summed E-state index contributed by atoms with van der Waals surface area (Å²) < 4.78 is 5.18. The van der Waals surface area contributed by atoms with Gasteiger partial charge in [0.25, 0.3) is 0 Å². The first kappa shape index (κ1) is 12.2. The second-order valence-corrected chi connectivity index (χ2v) is 5.38. The summed E-state index contributed by atoms with van der Waals surface area (Å²) in [6.07, 6.45) is 2.03. The average molecular weight is 248 g/mol. The third-order valence-electron chi connectivity index (χ3n) is 2.38. The van der Waals surface area contributed by atoms with E-state index in [1.807, 2.05) is 20.1 Å². The van der Waals surface area contributed by atoms with Crippen molar-refractivity contribution < 1.29 is 9.53 Å². The first-order valence-corrected chi connectivity index (χ1v) is 6.75. The summed E-state index contributed by atoms with van der Waals surface area (Å²) >= 11 is 1.72. The van der Waals surface area contributed by atoms with Gasteiger partial charge in [-0.3, -0.25) is 0 Å². The summed E-state index contributed by atoms with van der Waals surface area (Å²) in [5.74, 6) is 0.927. The SMILES string of the molecule is CSCC(C)(C)N=C1OC(=O)c2ccc[c]c21. The van der Waals surface area contributed by atoms with E-state index < -0.39 is 0 Å². The molecule has 1 aromatic carbocycles.